The number of halogens is 1. The van der Waals surface area contributed by atoms with E-state index >= 15 is 0 Å². The summed E-state index contributed by atoms with van der Waals surface area (Å²) in [5, 5.41) is 7.17. The molecule has 0 atom stereocenters. The Morgan fingerprint density at radius 2 is 2.00 bits per heavy atom. The molecule has 0 radical (unpaired) electrons. The van der Waals surface area contributed by atoms with Crippen molar-refractivity contribution in [1.29, 1.82) is 0 Å². The minimum Gasteiger partial charge on any atom is -0.345 e. The van der Waals surface area contributed by atoms with Crippen LogP contribution in [0.4, 0.5) is 5.69 Å². The molecule has 1 aromatic rings. The summed E-state index contributed by atoms with van der Waals surface area (Å²) in [6.45, 7) is 0. The van der Waals surface area contributed by atoms with Gasteiger partial charge in [0.1, 0.15) is 16.1 Å². The second-order valence-corrected chi connectivity index (χ2v) is 6.72. The molecule has 0 saturated carbocycles. The zero-order valence-electron chi connectivity index (χ0n) is 8.08. The van der Waals surface area contributed by atoms with E-state index in [1.807, 2.05) is 0 Å². The summed E-state index contributed by atoms with van der Waals surface area (Å²) >= 11 is 5.67. The largest absolute Gasteiger partial charge is 0.345 e. The lowest BCUT2D eigenvalue weighted by molar-refractivity contribution is 0.594. The summed E-state index contributed by atoms with van der Waals surface area (Å²) in [6.07, 6.45) is 0.943. The number of anilines is 1. The molecule has 7 nitrogen and oxygen atoms in total. The zero-order valence-corrected chi connectivity index (χ0v) is 10.5. The van der Waals surface area contributed by atoms with Crippen LogP contribution < -0.4 is 10.5 Å². The van der Waals surface area contributed by atoms with Crippen molar-refractivity contribution < 1.29 is 16.8 Å². The van der Waals surface area contributed by atoms with Gasteiger partial charge in [0, 0.05) is 0 Å². The molecule has 0 aromatic heterocycles. The smallest absolute Gasteiger partial charge is 0.285 e. The lowest BCUT2D eigenvalue weighted by atomic mass is 10.3. The minimum absolute atomic E-state index is 0.0634. The monoisotopic (exact) mass is 295 g/mol. The fraction of sp³-hybridized carbons (Fsp3) is 0. The summed E-state index contributed by atoms with van der Waals surface area (Å²) in [7, 11) is -7.86. The van der Waals surface area contributed by atoms with Crippen molar-refractivity contribution in [2.45, 2.75) is 9.79 Å². The first-order chi connectivity index (χ1) is 7.72. The molecule has 0 saturated heterocycles. The predicted octanol–water partition coefficient (Wildman–Crippen LogP) is 0.130. The molecule has 1 heterocycles. The molecule has 0 bridgehead atoms. The summed E-state index contributed by atoms with van der Waals surface area (Å²) < 4.78 is 48.6. The van der Waals surface area contributed by atoms with Crippen LogP contribution in [0, 0.1) is 0 Å². The van der Waals surface area contributed by atoms with E-state index in [1.165, 1.54) is 0 Å². The zero-order chi connectivity index (χ0) is 12.8. The number of nitrogens with zero attached hydrogens (tertiary/aromatic N) is 1. The van der Waals surface area contributed by atoms with Crippen molar-refractivity contribution in [3.8, 4) is 0 Å². The fourth-order valence-corrected chi connectivity index (χ4v) is 3.43. The van der Waals surface area contributed by atoms with Crippen molar-refractivity contribution >= 4 is 43.7 Å². The number of fused-ring (bicyclic) bond motifs is 1. The molecule has 92 valence electrons. The van der Waals surface area contributed by atoms with Gasteiger partial charge in [-0.15, -0.1) is 4.40 Å². The molecule has 1 aliphatic heterocycles. The lowest BCUT2D eigenvalue weighted by Gasteiger charge is -2.14. The lowest BCUT2D eigenvalue weighted by Crippen LogP contribution is -2.16. The molecule has 1 aromatic carbocycles. The van der Waals surface area contributed by atoms with Gasteiger partial charge in [-0.05, 0) is 12.1 Å². The second-order valence-electron chi connectivity index (χ2n) is 3.18. The van der Waals surface area contributed by atoms with Crippen LogP contribution in [-0.4, -0.2) is 23.2 Å². The Morgan fingerprint density at radius 3 is 2.59 bits per heavy atom. The Bertz CT molecular complexity index is 724. The number of primary sulfonamides is 1. The van der Waals surface area contributed by atoms with Gasteiger partial charge in [0.15, 0.2) is 0 Å². The van der Waals surface area contributed by atoms with E-state index < -0.39 is 20.0 Å². The summed E-state index contributed by atoms with van der Waals surface area (Å²) in [6, 6.07) is 2.05. The van der Waals surface area contributed by atoms with Gasteiger partial charge in [0.2, 0.25) is 10.0 Å². The molecule has 3 N–H and O–H groups in total. The highest BCUT2D eigenvalue weighted by molar-refractivity contribution is 7.90. The number of hydrogen-bond donors (Lipinski definition) is 2. The second kappa shape index (κ2) is 3.67. The van der Waals surface area contributed by atoms with Gasteiger partial charge in [-0.2, -0.15) is 8.42 Å². The van der Waals surface area contributed by atoms with Gasteiger partial charge in [-0.3, -0.25) is 0 Å². The average molecular weight is 296 g/mol. The molecule has 0 spiro atoms. The number of nitrogens with two attached hydrogens (primary N) is 1. The summed E-state index contributed by atoms with van der Waals surface area (Å²) in [4.78, 5) is -0.548. The molecule has 0 amide bonds. The van der Waals surface area contributed by atoms with E-state index in [2.05, 4.69) is 9.71 Å². The topological polar surface area (TPSA) is 119 Å². The minimum atomic E-state index is -4.02. The van der Waals surface area contributed by atoms with Gasteiger partial charge in [0.25, 0.3) is 10.0 Å². The normalized spacial score (nSPS) is 17.3. The number of sulfonamides is 2. The molecule has 0 unspecified atom stereocenters. The van der Waals surface area contributed by atoms with Gasteiger partial charge in [0.05, 0.1) is 10.7 Å². The standard InChI is InChI=1S/C7H6ClN3O4S2/c8-4-1-7-5(2-6(4)16(9,12)13)10-3-11-17(7,14)15/h1-3H,(H,10,11)(H2,9,12,13). The summed E-state index contributed by atoms with van der Waals surface area (Å²) in [5.74, 6) is 0. The first-order valence-electron chi connectivity index (χ1n) is 4.13. The maximum atomic E-state index is 11.5. The Morgan fingerprint density at radius 1 is 1.35 bits per heavy atom. The highest BCUT2D eigenvalue weighted by Gasteiger charge is 2.25. The van der Waals surface area contributed by atoms with Crippen molar-refractivity contribution in [2.24, 2.45) is 9.54 Å². The highest BCUT2D eigenvalue weighted by atomic mass is 35.5. The molecule has 0 fully saturated rings. The number of nitrogens with one attached hydrogen (secondary N) is 1. The number of rotatable bonds is 1. The van der Waals surface area contributed by atoms with Crippen LogP contribution >= 0.6 is 11.6 Å². The average Bonchev–Trinajstić information content (AvgIpc) is 2.16. The number of benzene rings is 1. The van der Waals surface area contributed by atoms with Crippen LogP contribution in [0.2, 0.25) is 5.02 Å². The van der Waals surface area contributed by atoms with E-state index in [0.29, 0.717) is 0 Å². The van der Waals surface area contributed by atoms with Crippen molar-refractivity contribution in [3.63, 3.8) is 0 Å². The first-order valence-corrected chi connectivity index (χ1v) is 7.50. The Balaban J connectivity index is 2.79. The van der Waals surface area contributed by atoms with Crippen LogP contribution in [0.15, 0.2) is 26.3 Å². The van der Waals surface area contributed by atoms with Crippen LogP contribution in [0.5, 0.6) is 0 Å². The van der Waals surface area contributed by atoms with Crippen LogP contribution in [0.3, 0.4) is 0 Å². The number of hydrogen-bond acceptors (Lipinski definition) is 5. The molecule has 0 aliphatic carbocycles. The third-order valence-electron chi connectivity index (χ3n) is 2.03. The third-order valence-corrected chi connectivity index (χ3v) is 4.68. The van der Waals surface area contributed by atoms with Crippen molar-refractivity contribution in [3.05, 3.63) is 17.2 Å². The van der Waals surface area contributed by atoms with Crippen LogP contribution in [0.25, 0.3) is 0 Å². The molecule has 2 rings (SSSR count). The van der Waals surface area contributed by atoms with Crippen LogP contribution in [0.1, 0.15) is 0 Å². The van der Waals surface area contributed by atoms with Gasteiger partial charge in [-0.1, -0.05) is 11.6 Å². The van der Waals surface area contributed by atoms with Crippen molar-refractivity contribution in [2.75, 3.05) is 5.32 Å². The fourth-order valence-electron chi connectivity index (χ4n) is 1.30. The molecule has 10 heteroatoms. The quantitative estimate of drug-likeness (QED) is 0.763. The van der Waals surface area contributed by atoms with E-state index in [9.17, 15) is 16.8 Å². The Hall–Kier alpha value is -1.16. The SMILES string of the molecule is NS(=O)(=O)c1cc2c(cc1Cl)S(=O)(=O)N=CN2. The Kier molecular flexibility index (Phi) is 2.65. The van der Waals surface area contributed by atoms with E-state index in [0.717, 1.165) is 18.5 Å². The van der Waals surface area contributed by atoms with Gasteiger partial charge in [-0.25, -0.2) is 13.6 Å². The van der Waals surface area contributed by atoms with E-state index in [1.54, 1.807) is 0 Å². The third kappa shape index (κ3) is 2.14. The predicted molar refractivity (Wildman–Crippen MR) is 62.1 cm³/mol. The van der Waals surface area contributed by atoms with E-state index in [-0.39, 0.29) is 20.5 Å². The molecular weight excluding hydrogens is 290 g/mol. The highest BCUT2D eigenvalue weighted by Crippen LogP contribution is 2.33. The molecule has 17 heavy (non-hydrogen) atoms. The van der Waals surface area contributed by atoms with Crippen molar-refractivity contribution in [1.82, 2.24) is 0 Å². The van der Waals surface area contributed by atoms with E-state index in [4.69, 9.17) is 16.7 Å². The molecule has 1 aliphatic rings. The molecular formula is C7H6ClN3O4S2. The Labute approximate surface area is 102 Å². The van der Waals surface area contributed by atoms with Gasteiger partial charge < -0.3 is 5.32 Å². The first kappa shape index (κ1) is 12.3. The summed E-state index contributed by atoms with van der Waals surface area (Å²) in [5.41, 5.74) is 0.0634. The maximum Gasteiger partial charge on any atom is 0.285 e. The van der Waals surface area contributed by atoms with Gasteiger partial charge >= 0.3 is 0 Å². The maximum absolute atomic E-state index is 11.5. The van der Waals surface area contributed by atoms with Crippen LogP contribution in [-0.2, 0) is 20.0 Å².